The molecule has 1 aliphatic carbocycles. The number of hydrogen-bond acceptors (Lipinski definition) is 8. The Hall–Kier alpha value is -3.75. The SMILES string of the molecule is Cc1nc(-c2ccc3ccnc(N[C@H]4C[C@@H](C(=O)Nc5cc(C(C)(C)C)on5)C4)c3c2)no1. The third kappa shape index (κ3) is 4.30. The molecule has 0 aliphatic heterocycles. The molecular formula is C24H26N6O3. The minimum atomic E-state index is -0.157. The van der Waals surface area contributed by atoms with Crippen LogP contribution in [0.4, 0.5) is 11.6 Å². The maximum Gasteiger partial charge on any atom is 0.228 e. The number of aryl methyl sites for hydroxylation is 1. The van der Waals surface area contributed by atoms with E-state index in [0.717, 1.165) is 40.8 Å². The molecule has 0 radical (unpaired) electrons. The normalized spacial score (nSPS) is 18.2. The van der Waals surface area contributed by atoms with Gasteiger partial charge in [0.2, 0.25) is 17.6 Å². The Labute approximate surface area is 191 Å². The van der Waals surface area contributed by atoms with Gasteiger partial charge in [-0.15, -0.1) is 0 Å². The molecule has 5 rings (SSSR count). The van der Waals surface area contributed by atoms with E-state index >= 15 is 0 Å². The number of benzene rings is 1. The van der Waals surface area contributed by atoms with E-state index in [-0.39, 0.29) is 23.3 Å². The first-order valence-corrected chi connectivity index (χ1v) is 11.0. The van der Waals surface area contributed by atoms with E-state index in [0.29, 0.717) is 17.5 Å². The van der Waals surface area contributed by atoms with Gasteiger partial charge in [-0.25, -0.2) is 4.98 Å². The molecule has 9 nitrogen and oxygen atoms in total. The highest BCUT2D eigenvalue weighted by molar-refractivity contribution is 5.95. The zero-order valence-electron chi connectivity index (χ0n) is 19.0. The van der Waals surface area contributed by atoms with Crippen molar-refractivity contribution in [1.82, 2.24) is 20.3 Å². The second-order valence-corrected chi connectivity index (χ2v) is 9.56. The van der Waals surface area contributed by atoms with Crippen molar-refractivity contribution in [3.05, 3.63) is 48.2 Å². The van der Waals surface area contributed by atoms with Gasteiger partial charge >= 0.3 is 0 Å². The molecule has 1 aromatic carbocycles. The van der Waals surface area contributed by atoms with E-state index in [1.165, 1.54) is 0 Å². The van der Waals surface area contributed by atoms with Crippen LogP contribution in [0.2, 0.25) is 0 Å². The van der Waals surface area contributed by atoms with Crippen LogP contribution in [0.25, 0.3) is 22.2 Å². The van der Waals surface area contributed by atoms with E-state index in [9.17, 15) is 4.79 Å². The van der Waals surface area contributed by atoms with Gasteiger partial charge in [0, 0.05) is 47.5 Å². The maximum atomic E-state index is 12.6. The van der Waals surface area contributed by atoms with Crippen molar-refractivity contribution in [2.75, 3.05) is 10.6 Å². The summed E-state index contributed by atoms with van der Waals surface area (Å²) in [7, 11) is 0. The molecule has 4 aromatic rings. The largest absolute Gasteiger partial charge is 0.367 e. The molecule has 33 heavy (non-hydrogen) atoms. The number of fused-ring (bicyclic) bond motifs is 1. The number of anilines is 2. The van der Waals surface area contributed by atoms with Gasteiger partial charge in [0.25, 0.3) is 0 Å². The summed E-state index contributed by atoms with van der Waals surface area (Å²) in [6.45, 7) is 7.87. The lowest BCUT2D eigenvalue weighted by molar-refractivity contribution is -0.122. The molecule has 1 aliphatic rings. The zero-order chi connectivity index (χ0) is 23.2. The van der Waals surface area contributed by atoms with Crippen LogP contribution in [-0.4, -0.2) is 32.2 Å². The number of aromatic nitrogens is 4. The first-order chi connectivity index (χ1) is 15.8. The Kier molecular flexibility index (Phi) is 5.11. The van der Waals surface area contributed by atoms with Crippen molar-refractivity contribution in [2.24, 2.45) is 5.92 Å². The minimum absolute atomic E-state index is 0.0394. The molecule has 2 N–H and O–H groups in total. The van der Waals surface area contributed by atoms with Crippen LogP contribution >= 0.6 is 0 Å². The fourth-order valence-electron chi connectivity index (χ4n) is 3.90. The first-order valence-electron chi connectivity index (χ1n) is 11.0. The number of nitrogens with zero attached hydrogens (tertiary/aromatic N) is 4. The van der Waals surface area contributed by atoms with Gasteiger partial charge in [-0.1, -0.05) is 43.2 Å². The summed E-state index contributed by atoms with van der Waals surface area (Å²) in [6, 6.07) is 9.91. The fourth-order valence-corrected chi connectivity index (χ4v) is 3.90. The third-order valence-corrected chi connectivity index (χ3v) is 5.90. The first kappa shape index (κ1) is 21.1. The summed E-state index contributed by atoms with van der Waals surface area (Å²) in [6.07, 6.45) is 3.22. The average Bonchev–Trinajstić information content (AvgIpc) is 3.39. The van der Waals surface area contributed by atoms with Crippen LogP contribution < -0.4 is 10.6 Å². The number of carbonyl (C=O) groups is 1. The highest BCUT2D eigenvalue weighted by Gasteiger charge is 2.35. The molecule has 1 amide bonds. The van der Waals surface area contributed by atoms with Crippen molar-refractivity contribution >= 4 is 28.3 Å². The van der Waals surface area contributed by atoms with Gasteiger partial charge in [-0.2, -0.15) is 4.98 Å². The smallest absolute Gasteiger partial charge is 0.228 e. The Morgan fingerprint density at radius 3 is 2.61 bits per heavy atom. The molecule has 0 spiro atoms. The van der Waals surface area contributed by atoms with Crippen molar-refractivity contribution in [3.63, 3.8) is 0 Å². The summed E-state index contributed by atoms with van der Waals surface area (Å²) in [4.78, 5) is 21.5. The second kappa shape index (κ2) is 7.99. The molecular weight excluding hydrogens is 420 g/mol. The van der Waals surface area contributed by atoms with Crippen LogP contribution in [-0.2, 0) is 10.2 Å². The second-order valence-electron chi connectivity index (χ2n) is 9.56. The lowest BCUT2D eigenvalue weighted by Gasteiger charge is -2.35. The molecule has 3 aromatic heterocycles. The average molecular weight is 447 g/mol. The number of rotatable bonds is 5. The number of amides is 1. The molecule has 1 saturated carbocycles. The van der Waals surface area contributed by atoms with E-state index in [1.54, 1.807) is 19.2 Å². The quantitative estimate of drug-likeness (QED) is 0.452. The minimum Gasteiger partial charge on any atom is -0.367 e. The Balaban J connectivity index is 1.24. The summed E-state index contributed by atoms with van der Waals surface area (Å²) in [5.41, 5.74) is 0.707. The van der Waals surface area contributed by atoms with Crippen LogP contribution in [0.1, 0.15) is 45.3 Å². The summed E-state index contributed by atoms with van der Waals surface area (Å²) in [5, 5.41) is 16.4. The number of nitrogens with one attached hydrogen (secondary N) is 2. The van der Waals surface area contributed by atoms with E-state index < -0.39 is 0 Å². The van der Waals surface area contributed by atoms with Crippen LogP contribution in [0.5, 0.6) is 0 Å². The summed E-state index contributed by atoms with van der Waals surface area (Å²) in [5.74, 6) is 2.93. The number of carbonyl (C=O) groups excluding carboxylic acids is 1. The summed E-state index contributed by atoms with van der Waals surface area (Å²) < 4.78 is 10.5. The van der Waals surface area contributed by atoms with Gasteiger partial charge < -0.3 is 19.7 Å². The highest BCUT2D eigenvalue weighted by atomic mass is 16.5. The Bertz CT molecular complexity index is 1310. The molecule has 170 valence electrons. The van der Waals surface area contributed by atoms with Crippen LogP contribution in [0.3, 0.4) is 0 Å². The van der Waals surface area contributed by atoms with Gasteiger partial charge in [0.05, 0.1) is 0 Å². The Morgan fingerprint density at radius 1 is 1.09 bits per heavy atom. The monoisotopic (exact) mass is 446 g/mol. The van der Waals surface area contributed by atoms with Gasteiger partial charge in [-0.3, -0.25) is 4.79 Å². The van der Waals surface area contributed by atoms with E-state index in [1.807, 2.05) is 45.0 Å². The molecule has 3 heterocycles. The van der Waals surface area contributed by atoms with Crippen molar-refractivity contribution in [1.29, 1.82) is 0 Å². The molecule has 0 unspecified atom stereocenters. The predicted molar refractivity (Wildman–Crippen MR) is 124 cm³/mol. The fraction of sp³-hybridized carbons (Fsp3) is 0.375. The van der Waals surface area contributed by atoms with E-state index in [4.69, 9.17) is 9.05 Å². The molecule has 9 heteroatoms. The van der Waals surface area contributed by atoms with Crippen LogP contribution in [0.15, 0.2) is 45.6 Å². The van der Waals surface area contributed by atoms with E-state index in [2.05, 4.69) is 30.9 Å². The molecule has 1 fully saturated rings. The summed E-state index contributed by atoms with van der Waals surface area (Å²) >= 11 is 0. The molecule has 0 saturated heterocycles. The van der Waals surface area contributed by atoms with Crippen LogP contribution in [0, 0.1) is 12.8 Å². The standard InChI is InChI=1S/C24H26N6O3/c1-13-26-21(30-32-13)15-6-5-14-7-8-25-22(18(14)11-15)27-17-9-16(10-17)23(31)28-20-12-19(33-29-20)24(2,3)4/h5-8,11-12,16-17H,9-10H2,1-4H3,(H,25,27)(H,28,29,31)/t16-,17+. The number of pyridine rings is 1. The lowest BCUT2D eigenvalue weighted by atomic mass is 9.79. The van der Waals surface area contributed by atoms with Crippen molar-refractivity contribution in [2.45, 2.75) is 52.0 Å². The molecule has 0 atom stereocenters. The number of hydrogen-bond donors (Lipinski definition) is 2. The van der Waals surface area contributed by atoms with Gasteiger partial charge in [-0.05, 0) is 30.4 Å². The van der Waals surface area contributed by atoms with Gasteiger partial charge in [0.1, 0.15) is 11.6 Å². The highest BCUT2D eigenvalue weighted by Crippen LogP contribution is 2.34. The third-order valence-electron chi connectivity index (χ3n) is 5.90. The Morgan fingerprint density at radius 2 is 1.91 bits per heavy atom. The van der Waals surface area contributed by atoms with Crippen molar-refractivity contribution in [3.8, 4) is 11.4 Å². The topological polar surface area (TPSA) is 119 Å². The lowest BCUT2D eigenvalue weighted by Crippen LogP contribution is -2.42. The van der Waals surface area contributed by atoms with Crippen molar-refractivity contribution < 1.29 is 13.8 Å². The zero-order valence-corrected chi connectivity index (χ0v) is 19.0. The predicted octanol–water partition coefficient (Wildman–Crippen LogP) is 4.71. The maximum absolute atomic E-state index is 12.6. The molecule has 0 bridgehead atoms. The van der Waals surface area contributed by atoms with Gasteiger partial charge in [0.15, 0.2) is 5.82 Å².